The molecule has 5 aromatic rings. The van der Waals surface area contributed by atoms with E-state index in [2.05, 4.69) is 15.9 Å². The average Bonchev–Trinajstić information content (AvgIpc) is 0.841. The first-order valence-electron chi connectivity index (χ1n) is 29.5. The van der Waals surface area contributed by atoms with Crippen LogP contribution in [0.1, 0.15) is 48.4 Å². The summed E-state index contributed by atoms with van der Waals surface area (Å²) in [5.41, 5.74) is 4.44. The van der Waals surface area contributed by atoms with E-state index in [9.17, 15) is 60.0 Å². The first-order chi connectivity index (χ1) is 44.0. The molecule has 10 rings (SSSR count). The van der Waals surface area contributed by atoms with Crippen LogP contribution in [0.2, 0.25) is 15.1 Å². The SMILES string of the molecule is CC(=O)OCC1O[C@H](Oc2ccc(Br)cc2Cl)C(OC(C)=O)[C@@H](C)[C@@H]1C.O=C(c1ccc(-c2ccc(O[C@H]3OC(CO)[C@@H](O)[C@H](O)C3O)c(Cl)c2)cc1)N1CCOCC1.O=C(c1ccc(-c2ccc(O[C@H]3OC(CO)[C@@H](O)[C@H](O)C3O)c(Cl)c2)cc1)N1CCOCC1. The second-order valence-corrected chi connectivity index (χ2v) is 24.4. The van der Waals surface area contributed by atoms with E-state index in [4.69, 9.17) is 82.2 Å². The minimum atomic E-state index is -1.54. The van der Waals surface area contributed by atoms with Crippen LogP contribution in [0.4, 0.5) is 0 Å². The van der Waals surface area contributed by atoms with Gasteiger partial charge in [0.15, 0.2) is 6.10 Å². The van der Waals surface area contributed by atoms with E-state index in [0.717, 1.165) is 26.7 Å². The van der Waals surface area contributed by atoms with Crippen LogP contribution in [0, 0.1) is 11.8 Å². The van der Waals surface area contributed by atoms with Crippen LogP contribution < -0.4 is 14.2 Å². The third-order valence-corrected chi connectivity index (χ3v) is 17.4. The molecule has 5 aliphatic rings. The van der Waals surface area contributed by atoms with E-state index < -0.39 is 93.0 Å². The molecule has 28 heteroatoms. The van der Waals surface area contributed by atoms with Gasteiger partial charge in [-0.2, -0.15) is 0 Å². The van der Waals surface area contributed by atoms with Gasteiger partial charge in [0.2, 0.25) is 18.9 Å². The molecule has 0 saturated carbocycles. The van der Waals surface area contributed by atoms with Crippen molar-refractivity contribution in [1.82, 2.24) is 9.80 Å². The monoisotopic (exact) mass is 1410 g/mol. The van der Waals surface area contributed by atoms with E-state index in [1.807, 2.05) is 38.1 Å². The average molecular weight is 1410 g/mol. The zero-order valence-corrected chi connectivity index (χ0v) is 54.3. The van der Waals surface area contributed by atoms with Crippen molar-refractivity contribution in [1.29, 1.82) is 0 Å². The molecule has 0 bridgehead atoms. The first kappa shape index (κ1) is 72.0. The summed E-state index contributed by atoms with van der Waals surface area (Å²) in [5, 5.41) is 79.4. The summed E-state index contributed by atoms with van der Waals surface area (Å²) in [6, 6.07) is 29.6. The molecule has 5 fully saturated rings. The maximum atomic E-state index is 12.6. The topological polar surface area (TPSA) is 329 Å². The predicted octanol–water partition coefficient (Wildman–Crippen LogP) is 5.29. The molecule has 5 heterocycles. The van der Waals surface area contributed by atoms with Gasteiger partial charge >= 0.3 is 11.9 Å². The van der Waals surface area contributed by atoms with Gasteiger partial charge in [-0.05, 0) is 94.9 Å². The van der Waals surface area contributed by atoms with Gasteiger partial charge in [0.25, 0.3) is 11.8 Å². The number of hydrogen-bond acceptors (Lipinski definition) is 22. The summed E-state index contributed by atoms with van der Waals surface area (Å²) in [5.74, 6) is -0.169. The lowest BCUT2D eigenvalue weighted by molar-refractivity contribution is -0.277. The van der Waals surface area contributed by atoms with E-state index >= 15 is 0 Å². The fraction of sp³-hybridized carbons (Fsp3) is 0.469. The Morgan fingerprint density at radius 3 is 1.25 bits per heavy atom. The molecule has 0 spiro atoms. The van der Waals surface area contributed by atoms with Crippen molar-refractivity contribution >= 4 is 74.5 Å². The quantitative estimate of drug-likeness (QED) is 0.0617. The van der Waals surface area contributed by atoms with Crippen molar-refractivity contribution in [3.05, 3.63) is 134 Å². The summed E-state index contributed by atoms with van der Waals surface area (Å²) in [4.78, 5) is 51.4. The molecule has 0 aliphatic carbocycles. The molecule has 5 aliphatic heterocycles. The Labute approximate surface area is 553 Å². The van der Waals surface area contributed by atoms with E-state index in [0.29, 0.717) is 74.5 Å². The molecular formula is C64H74BrCl3N2O22. The number of esters is 2. The minimum Gasteiger partial charge on any atom is -0.463 e. The number of rotatable bonds is 15. The van der Waals surface area contributed by atoms with Gasteiger partial charge in [-0.15, -0.1) is 0 Å². The zero-order chi connectivity index (χ0) is 66.5. The predicted molar refractivity (Wildman–Crippen MR) is 335 cm³/mol. The highest BCUT2D eigenvalue weighted by Gasteiger charge is 2.48. The summed E-state index contributed by atoms with van der Waals surface area (Å²) in [6.45, 7) is 10.0. The van der Waals surface area contributed by atoms with Gasteiger partial charge in [0.05, 0.1) is 60.8 Å². The van der Waals surface area contributed by atoms with Gasteiger partial charge in [0.1, 0.15) is 72.7 Å². The largest absolute Gasteiger partial charge is 0.463 e. The number of halogens is 4. The number of benzene rings is 5. The fourth-order valence-corrected chi connectivity index (χ4v) is 11.6. The van der Waals surface area contributed by atoms with Crippen molar-refractivity contribution in [2.24, 2.45) is 11.8 Å². The maximum absolute atomic E-state index is 12.6. The van der Waals surface area contributed by atoms with Gasteiger partial charge in [-0.25, -0.2) is 0 Å². The molecule has 0 radical (unpaired) electrons. The minimum absolute atomic E-state index is 0.0149. The lowest BCUT2D eigenvalue weighted by Gasteiger charge is -2.43. The molecule has 500 valence electrons. The van der Waals surface area contributed by atoms with Gasteiger partial charge in [-0.3, -0.25) is 19.2 Å². The maximum Gasteiger partial charge on any atom is 0.303 e. The number of aliphatic hydroxyl groups excluding tert-OH is 8. The highest BCUT2D eigenvalue weighted by molar-refractivity contribution is 9.10. The van der Waals surface area contributed by atoms with Gasteiger partial charge < -0.3 is 98.0 Å². The van der Waals surface area contributed by atoms with Crippen LogP contribution in [0.25, 0.3) is 22.3 Å². The van der Waals surface area contributed by atoms with Crippen LogP contribution in [0.5, 0.6) is 17.2 Å². The molecular weight excluding hydrogens is 1330 g/mol. The number of carbonyl (C=O) groups is 4. The second-order valence-electron chi connectivity index (χ2n) is 22.2. The fourth-order valence-electron chi connectivity index (χ4n) is 10.4. The number of hydrogen-bond donors (Lipinski definition) is 8. The molecule has 8 N–H and O–H groups in total. The van der Waals surface area contributed by atoms with Crippen molar-refractivity contribution in [2.45, 2.75) is 108 Å². The van der Waals surface area contributed by atoms with E-state index in [1.165, 1.54) is 13.8 Å². The third kappa shape index (κ3) is 18.4. The lowest BCUT2D eigenvalue weighted by Crippen LogP contribution is -2.60. The molecule has 5 saturated heterocycles. The van der Waals surface area contributed by atoms with Crippen molar-refractivity contribution < 1.29 is 107 Å². The Kier molecular flexibility index (Phi) is 26.3. The molecule has 92 heavy (non-hydrogen) atoms. The summed E-state index contributed by atoms with van der Waals surface area (Å²) >= 11 is 22.3. The highest BCUT2D eigenvalue weighted by Crippen LogP contribution is 2.39. The molecule has 5 aromatic carbocycles. The van der Waals surface area contributed by atoms with Crippen LogP contribution in [0.15, 0.2) is 108 Å². The highest BCUT2D eigenvalue weighted by atomic mass is 79.9. The Hall–Kier alpha value is -5.79. The second kappa shape index (κ2) is 33.5. The van der Waals surface area contributed by atoms with Crippen molar-refractivity contribution in [3.63, 3.8) is 0 Å². The van der Waals surface area contributed by atoms with Crippen LogP contribution in [-0.4, -0.2) is 227 Å². The summed E-state index contributed by atoms with van der Waals surface area (Å²) < 4.78 is 55.7. The first-order valence-corrected chi connectivity index (χ1v) is 31.5. The summed E-state index contributed by atoms with van der Waals surface area (Å²) in [6.07, 6.45) is -15.8. The van der Waals surface area contributed by atoms with Gasteiger partial charge in [0, 0.05) is 61.5 Å². The summed E-state index contributed by atoms with van der Waals surface area (Å²) in [7, 11) is 0. The van der Waals surface area contributed by atoms with E-state index in [-0.39, 0.29) is 63.9 Å². The van der Waals surface area contributed by atoms with Crippen LogP contribution >= 0.6 is 50.7 Å². The van der Waals surface area contributed by atoms with Crippen LogP contribution in [-0.2, 0) is 42.7 Å². The Bertz CT molecular complexity index is 3110. The number of carbonyl (C=O) groups excluding carboxylic acids is 4. The number of morpholine rings is 2. The zero-order valence-electron chi connectivity index (χ0n) is 50.5. The third-order valence-electron chi connectivity index (χ3n) is 16.0. The van der Waals surface area contributed by atoms with E-state index in [1.54, 1.807) is 88.7 Å². The van der Waals surface area contributed by atoms with Gasteiger partial charge in [-0.1, -0.05) is 101 Å². The number of amides is 2. The van der Waals surface area contributed by atoms with Crippen molar-refractivity contribution in [2.75, 3.05) is 72.4 Å². The molecule has 0 aromatic heterocycles. The Morgan fingerprint density at radius 2 is 0.870 bits per heavy atom. The number of nitrogens with zero attached hydrogens (tertiary/aromatic N) is 2. The Morgan fingerprint density at radius 1 is 0.489 bits per heavy atom. The smallest absolute Gasteiger partial charge is 0.303 e. The number of ether oxygens (including phenoxy) is 10. The van der Waals surface area contributed by atoms with Crippen molar-refractivity contribution in [3.8, 4) is 39.5 Å². The molecule has 24 nitrogen and oxygen atoms in total. The molecule has 15 atom stereocenters. The number of aliphatic hydroxyl groups is 8. The molecule has 6 unspecified atom stereocenters. The Balaban J connectivity index is 0.000000179. The molecule has 2 amide bonds. The van der Waals surface area contributed by atoms with Crippen LogP contribution in [0.3, 0.4) is 0 Å². The normalized spacial score (nSPS) is 28.0. The lowest BCUT2D eigenvalue weighted by atomic mass is 9.83. The standard InChI is InChI=1S/2C23H26ClNO8.C18H22BrClO6/c2*24-16-11-15(13-1-3-14(4-2-13)22(30)25-7-9-31-10-8-25)5-6-17(16)32-23-21(29)20(28)19(27)18(12-26)33-23;1-9-10(2)17(24-12(4)22)18(26-16(9)8-23-11(3)21)25-15-6-5-13(19)7-14(15)20/h2*1-6,11,18-21,23,26-29H,7-10,12H2;5-7,9-10,16-18H,8H2,1-4H3/t2*18?,19-,20+,21?,23+;9-,10-,16?,17?,18-/m110/s1.